The van der Waals surface area contributed by atoms with Crippen LogP contribution in [0.5, 0.6) is 0 Å². The molecule has 0 fully saturated rings. The second-order valence-electron chi connectivity index (χ2n) is 3.63. The maximum atomic E-state index is 9.15. The van der Waals surface area contributed by atoms with Crippen molar-refractivity contribution in [2.75, 3.05) is 0 Å². The third-order valence-corrected chi connectivity index (χ3v) is 2.48. The summed E-state index contributed by atoms with van der Waals surface area (Å²) < 4.78 is 0. The Balaban J connectivity index is 2.17. The van der Waals surface area contributed by atoms with Gasteiger partial charge in [0.05, 0.1) is 17.7 Å². The first-order valence-electron chi connectivity index (χ1n) is 5.24. The Morgan fingerprint density at radius 3 is 2.44 bits per heavy atom. The molecule has 2 heteroatoms. The average molecular weight is 208 g/mol. The lowest BCUT2D eigenvalue weighted by Crippen LogP contribution is -2.02. The minimum Gasteiger partial charge on any atom is -0.260 e. The zero-order chi connectivity index (χ0) is 11.2. The van der Waals surface area contributed by atoms with Gasteiger partial charge in [0, 0.05) is 6.20 Å². The first kappa shape index (κ1) is 10.4. The zero-order valence-corrected chi connectivity index (χ0v) is 8.88. The van der Waals surface area contributed by atoms with Crippen LogP contribution in [0, 0.1) is 11.3 Å². The van der Waals surface area contributed by atoms with Crippen molar-refractivity contribution in [3.63, 3.8) is 0 Å². The van der Waals surface area contributed by atoms with Crippen LogP contribution in [0.3, 0.4) is 0 Å². The molecule has 0 aliphatic heterocycles. The van der Waals surface area contributed by atoms with Gasteiger partial charge in [-0.15, -0.1) is 0 Å². The Morgan fingerprint density at radius 1 is 1.06 bits per heavy atom. The summed E-state index contributed by atoms with van der Waals surface area (Å²) in [5, 5.41) is 9.15. The minimum atomic E-state index is -0.163. The van der Waals surface area contributed by atoms with Gasteiger partial charge in [-0.2, -0.15) is 5.26 Å². The molecule has 1 heterocycles. The molecule has 2 rings (SSSR count). The van der Waals surface area contributed by atoms with Crippen LogP contribution in [0.4, 0.5) is 0 Å². The Hall–Kier alpha value is -2.14. The Labute approximate surface area is 95.2 Å². The predicted octanol–water partition coefficient (Wildman–Crippen LogP) is 2.93. The summed E-state index contributed by atoms with van der Waals surface area (Å²) in [5.41, 5.74) is 2.01. The van der Waals surface area contributed by atoms with Gasteiger partial charge in [0.25, 0.3) is 0 Å². The van der Waals surface area contributed by atoms with Crippen LogP contribution in [-0.4, -0.2) is 4.98 Å². The number of hydrogen-bond donors (Lipinski definition) is 0. The molecular formula is C14H12N2. The highest BCUT2D eigenvalue weighted by atomic mass is 14.7. The van der Waals surface area contributed by atoms with E-state index in [0.717, 1.165) is 5.69 Å². The molecule has 0 aliphatic carbocycles. The van der Waals surface area contributed by atoms with E-state index in [9.17, 15) is 0 Å². The van der Waals surface area contributed by atoms with Crippen molar-refractivity contribution < 1.29 is 0 Å². The van der Waals surface area contributed by atoms with Crippen LogP contribution in [0.15, 0.2) is 54.7 Å². The van der Waals surface area contributed by atoms with Gasteiger partial charge in [-0.3, -0.25) is 4.98 Å². The van der Waals surface area contributed by atoms with E-state index in [0.29, 0.717) is 6.42 Å². The molecule has 1 atom stereocenters. The van der Waals surface area contributed by atoms with Crippen molar-refractivity contribution in [1.82, 2.24) is 4.98 Å². The number of rotatable bonds is 3. The summed E-state index contributed by atoms with van der Waals surface area (Å²) in [5.74, 6) is -0.163. The van der Waals surface area contributed by atoms with Crippen molar-refractivity contribution in [3.05, 3.63) is 66.0 Å². The van der Waals surface area contributed by atoms with Gasteiger partial charge in [-0.1, -0.05) is 36.4 Å². The highest BCUT2D eigenvalue weighted by Crippen LogP contribution is 2.17. The molecule has 0 spiro atoms. The van der Waals surface area contributed by atoms with Crippen molar-refractivity contribution in [2.45, 2.75) is 12.3 Å². The fraction of sp³-hybridized carbons (Fsp3) is 0.143. The topological polar surface area (TPSA) is 36.7 Å². The van der Waals surface area contributed by atoms with Crippen molar-refractivity contribution in [2.24, 2.45) is 0 Å². The third-order valence-electron chi connectivity index (χ3n) is 2.48. The largest absolute Gasteiger partial charge is 0.260 e. The van der Waals surface area contributed by atoms with E-state index in [1.165, 1.54) is 5.56 Å². The molecule has 0 saturated heterocycles. The molecule has 1 aromatic carbocycles. The van der Waals surface area contributed by atoms with Crippen LogP contribution < -0.4 is 0 Å². The van der Waals surface area contributed by atoms with E-state index >= 15 is 0 Å². The summed E-state index contributed by atoms with van der Waals surface area (Å²) in [6.45, 7) is 0. The average Bonchev–Trinajstić information content (AvgIpc) is 2.38. The lowest BCUT2D eigenvalue weighted by atomic mass is 9.97. The fourth-order valence-electron chi connectivity index (χ4n) is 1.65. The van der Waals surface area contributed by atoms with E-state index in [2.05, 4.69) is 11.1 Å². The molecule has 2 nitrogen and oxygen atoms in total. The molecule has 16 heavy (non-hydrogen) atoms. The summed E-state index contributed by atoms with van der Waals surface area (Å²) >= 11 is 0. The van der Waals surface area contributed by atoms with Crippen LogP contribution in [-0.2, 0) is 6.42 Å². The lowest BCUT2D eigenvalue weighted by molar-refractivity contribution is 0.814. The number of benzene rings is 1. The number of nitrogens with zero attached hydrogens (tertiary/aromatic N) is 2. The second kappa shape index (κ2) is 5.09. The van der Waals surface area contributed by atoms with Crippen LogP contribution >= 0.6 is 0 Å². The predicted molar refractivity (Wildman–Crippen MR) is 62.7 cm³/mol. The smallest absolute Gasteiger partial charge is 0.0924 e. The molecule has 0 aliphatic rings. The molecular weight excluding hydrogens is 196 g/mol. The highest BCUT2D eigenvalue weighted by molar-refractivity contribution is 5.23. The van der Waals surface area contributed by atoms with E-state index < -0.39 is 0 Å². The van der Waals surface area contributed by atoms with Crippen molar-refractivity contribution in [3.8, 4) is 6.07 Å². The molecule has 0 N–H and O–H groups in total. The van der Waals surface area contributed by atoms with Gasteiger partial charge in [0.2, 0.25) is 0 Å². The SMILES string of the molecule is N#CC(Cc1ccccc1)c1ccccn1. The first-order valence-corrected chi connectivity index (χ1v) is 5.24. The number of aromatic nitrogens is 1. The maximum Gasteiger partial charge on any atom is 0.0924 e. The Kier molecular flexibility index (Phi) is 3.30. The monoisotopic (exact) mass is 208 g/mol. The third kappa shape index (κ3) is 2.46. The maximum absolute atomic E-state index is 9.15. The van der Waals surface area contributed by atoms with Crippen LogP contribution in [0.2, 0.25) is 0 Å². The lowest BCUT2D eigenvalue weighted by Gasteiger charge is -2.07. The highest BCUT2D eigenvalue weighted by Gasteiger charge is 2.11. The van der Waals surface area contributed by atoms with Gasteiger partial charge in [-0.05, 0) is 24.1 Å². The molecule has 0 bridgehead atoms. The first-order chi connectivity index (χ1) is 7.90. The van der Waals surface area contributed by atoms with Crippen molar-refractivity contribution >= 4 is 0 Å². The van der Waals surface area contributed by atoms with Gasteiger partial charge < -0.3 is 0 Å². The molecule has 0 radical (unpaired) electrons. The molecule has 78 valence electrons. The number of pyridine rings is 1. The quantitative estimate of drug-likeness (QED) is 0.777. The molecule has 0 saturated carbocycles. The molecule has 1 unspecified atom stereocenters. The Bertz CT molecular complexity index is 471. The second-order valence-corrected chi connectivity index (χ2v) is 3.63. The van der Waals surface area contributed by atoms with Gasteiger partial charge in [-0.25, -0.2) is 0 Å². The van der Waals surface area contributed by atoms with Gasteiger partial charge in [0.1, 0.15) is 0 Å². The number of nitriles is 1. The minimum absolute atomic E-state index is 0.163. The van der Waals surface area contributed by atoms with E-state index in [-0.39, 0.29) is 5.92 Å². The van der Waals surface area contributed by atoms with E-state index in [1.54, 1.807) is 6.20 Å². The zero-order valence-electron chi connectivity index (χ0n) is 8.88. The van der Waals surface area contributed by atoms with Gasteiger partial charge >= 0.3 is 0 Å². The van der Waals surface area contributed by atoms with E-state index in [4.69, 9.17) is 5.26 Å². The fourth-order valence-corrected chi connectivity index (χ4v) is 1.65. The summed E-state index contributed by atoms with van der Waals surface area (Å²) in [6, 6.07) is 18.0. The summed E-state index contributed by atoms with van der Waals surface area (Å²) in [6.07, 6.45) is 2.44. The van der Waals surface area contributed by atoms with Gasteiger partial charge in [0.15, 0.2) is 0 Å². The molecule has 0 amide bonds. The Morgan fingerprint density at radius 2 is 1.81 bits per heavy atom. The summed E-state index contributed by atoms with van der Waals surface area (Å²) in [4.78, 5) is 4.22. The van der Waals surface area contributed by atoms with E-state index in [1.807, 2.05) is 48.5 Å². The van der Waals surface area contributed by atoms with Crippen LogP contribution in [0.25, 0.3) is 0 Å². The van der Waals surface area contributed by atoms with Crippen molar-refractivity contribution in [1.29, 1.82) is 5.26 Å². The molecule has 2 aromatic rings. The van der Waals surface area contributed by atoms with Crippen LogP contribution in [0.1, 0.15) is 17.2 Å². The standard InChI is InChI=1S/C14H12N2/c15-11-13(14-8-4-5-9-16-14)10-12-6-2-1-3-7-12/h1-9,13H,10H2. The number of hydrogen-bond acceptors (Lipinski definition) is 2. The molecule has 1 aromatic heterocycles. The summed E-state index contributed by atoms with van der Waals surface area (Å²) in [7, 11) is 0. The normalized spacial score (nSPS) is 11.7.